The molecule has 1 atom stereocenters. The van der Waals surface area contributed by atoms with Gasteiger partial charge in [0.2, 0.25) is 5.91 Å². The lowest BCUT2D eigenvalue weighted by Crippen LogP contribution is -2.49. The van der Waals surface area contributed by atoms with Crippen LogP contribution >= 0.6 is 0 Å². The number of benzene rings is 1. The smallest absolute Gasteiger partial charge is 0.334 e. The van der Waals surface area contributed by atoms with Gasteiger partial charge in [-0.3, -0.25) is 4.79 Å². The van der Waals surface area contributed by atoms with Crippen LogP contribution in [0.5, 0.6) is 0 Å². The average molecular weight is 235 g/mol. The maximum Gasteiger partial charge on any atom is 0.334 e. The number of carboxylic acids is 1. The fraction of sp³-hybridized carbons (Fsp3) is 0.385. The molecule has 0 bridgehead atoms. The van der Waals surface area contributed by atoms with Gasteiger partial charge < -0.3 is 10.0 Å². The lowest BCUT2D eigenvalue weighted by Gasteiger charge is -2.35. The van der Waals surface area contributed by atoms with Gasteiger partial charge in [0.1, 0.15) is 0 Å². The van der Waals surface area contributed by atoms with Crippen molar-refractivity contribution in [1.82, 2.24) is 4.90 Å². The minimum Gasteiger partial charge on any atom is -0.479 e. The number of rotatable bonds is 3. The Labute approximate surface area is 101 Å². The van der Waals surface area contributed by atoms with Gasteiger partial charge in [-0.15, -0.1) is 0 Å². The number of aliphatic carboxylic acids is 1. The Balaban J connectivity index is 3.35. The fourth-order valence-electron chi connectivity index (χ4n) is 1.72. The van der Waals surface area contributed by atoms with E-state index in [4.69, 9.17) is 0 Å². The normalized spacial score (nSPS) is 13.9. The van der Waals surface area contributed by atoms with E-state index in [1.54, 1.807) is 18.2 Å². The lowest BCUT2D eigenvalue weighted by atomic mass is 9.89. The molecule has 1 rings (SSSR count). The molecule has 4 nitrogen and oxygen atoms in total. The summed E-state index contributed by atoms with van der Waals surface area (Å²) in [6, 6.07) is 7.19. The molecular formula is C13H17NO3. The molecule has 0 aromatic heterocycles. The molecule has 0 spiro atoms. The highest BCUT2D eigenvalue weighted by atomic mass is 16.4. The largest absolute Gasteiger partial charge is 0.479 e. The molecule has 0 heterocycles. The number of carbonyl (C=O) groups excluding carboxylic acids is 1. The molecule has 0 aliphatic rings. The highest BCUT2D eigenvalue weighted by molar-refractivity contribution is 5.86. The first kappa shape index (κ1) is 13.2. The quantitative estimate of drug-likeness (QED) is 0.868. The van der Waals surface area contributed by atoms with Gasteiger partial charge in [-0.2, -0.15) is 0 Å². The van der Waals surface area contributed by atoms with Crippen LogP contribution in [0.15, 0.2) is 24.3 Å². The Hall–Kier alpha value is -1.84. The van der Waals surface area contributed by atoms with Crippen molar-refractivity contribution in [2.45, 2.75) is 26.3 Å². The topological polar surface area (TPSA) is 57.6 Å². The van der Waals surface area contributed by atoms with Gasteiger partial charge in [0.25, 0.3) is 0 Å². The maximum atomic E-state index is 11.5. The van der Waals surface area contributed by atoms with Crippen molar-refractivity contribution in [1.29, 1.82) is 0 Å². The summed E-state index contributed by atoms with van der Waals surface area (Å²) in [4.78, 5) is 24.1. The number of aryl methyl sites for hydroxylation is 1. The van der Waals surface area contributed by atoms with E-state index in [-0.39, 0.29) is 5.91 Å². The van der Waals surface area contributed by atoms with Crippen LogP contribution in [0.1, 0.15) is 25.0 Å². The van der Waals surface area contributed by atoms with Crippen molar-refractivity contribution in [2.75, 3.05) is 7.05 Å². The van der Waals surface area contributed by atoms with Gasteiger partial charge in [0.05, 0.1) is 0 Å². The Bertz CT molecular complexity index is 456. The second-order valence-corrected chi connectivity index (χ2v) is 4.32. The second-order valence-electron chi connectivity index (χ2n) is 4.32. The number of hydrogen-bond donors (Lipinski definition) is 1. The Morgan fingerprint density at radius 1 is 1.35 bits per heavy atom. The van der Waals surface area contributed by atoms with Crippen molar-refractivity contribution in [3.63, 3.8) is 0 Å². The minimum atomic E-state index is -1.34. The fourth-order valence-corrected chi connectivity index (χ4v) is 1.72. The van der Waals surface area contributed by atoms with Crippen molar-refractivity contribution in [2.24, 2.45) is 0 Å². The van der Waals surface area contributed by atoms with E-state index in [9.17, 15) is 14.7 Å². The first-order chi connectivity index (χ1) is 7.80. The van der Waals surface area contributed by atoms with Gasteiger partial charge in [0.15, 0.2) is 5.54 Å². The molecule has 1 unspecified atom stereocenters. The first-order valence-electron chi connectivity index (χ1n) is 5.35. The summed E-state index contributed by atoms with van der Waals surface area (Å²) in [5, 5.41) is 9.40. The van der Waals surface area contributed by atoms with Crippen LogP contribution in [0.25, 0.3) is 0 Å². The van der Waals surface area contributed by atoms with Crippen LogP contribution in [0.3, 0.4) is 0 Å². The highest BCUT2D eigenvalue weighted by Crippen LogP contribution is 2.28. The van der Waals surface area contributed by atoms with E-state index >= 15 is 0 Å². The molecule has 1 N–H and O–H groups in total. The van der Waals surface area contributed by atoms with Crippen LogP contribution < -0.4 is 0 Å². The molecule has 0 radical (unpaired) electrons. The summed E-state index contributed by atoms with van der Waals surface area (Å²) in [7, 11) is 1.50. The second kappa shape index (κ2) is 4.57. The zero-order valence-electron chi connectivity index (χ0n) is 10.5. The summed E-state index contributed by atoms with van der Waals surface area (Å²) in [6.07, 6.45) is 0. The molecule has 1 amide bonds. The van der Waals surface area contributed by atoms with E-state index < -0.39 is 11.5 Å². The maximum absolute atomic E-state index is 11.5. The zero-order valence-corrected chi connectivity index (χ0v) is 10.5. The first-order valence-corrected chi connectivity index (χ1v) is 5.35. The Kier molecular flexibility index (Phi) is 3.56. The number of nitrogens with zero attached hydrogens (tertiary/aromatic N) is 1. The predicted molar refractivity (Wildman–Crippen MR) is 64.6 cm³/mol. The number of likely N-dealkylation sites (N-methyl/N-ethyl adjacent to an activating group) is 1. The molecule has 1 aromatic carbocycles. The Morgan fingerprint density at radius 3 is 2.35 bits per heavy atom. The van der Waals surface area contributed by atoms with Gasteiger partial charge in [-0.25, -0.2) is 4.79 Å². The highest BCUT2D eigenvalue weighted by Gasteiger charge is 2.40. The summed E-state index contributed by atoms with van der Waals surface area (Å²) in [6.45, 7) is 4.78. The molecule has 1 aromatic rings. The molecule has 0 aliphatic carbocycles. The van der Waals surface area contributed by atoms with E-state index in [1.165, 1.54) is 25.8 Å². The van der Waals surface area contributed by atoms with E-state index in [1.807, 2.05) is 13.0 Å². The third-order valence-electron chi connectivity index (χ3n) is 3.14. The van der Waals surface area contributed by atoms with Crippen molar-refractivity contribution < 1.29 is 14.7 Å². The van der Waals surface area contributed by atoms with Gasteiger partial charge in [0, 0.05) is 14.0 Å². The molecule has 0 aliphatic heterocycles. The molecule has 0 saturated heterocycles. The van der Waals surface area contributed by atoms with Gasteiger partial charge in [-0.05, 0) is 19.4 Å². The zero-order chi connectivity index (χ0) is 13.2. The van der Waals surface area contributed by atoms with Crippen LogP contribution in [0.4, 0.5) is 0 Å². The third kappa shape index (κ3) is 2.30. The van der Waals surface area contributed by atoms with Gasteiger partial charge in [-0.1, -0.05) is 29.8 Å². The average Bonchev–Trinajstić information content (AvgIpc) is 2.26. The predicted octanol–water partition coefficient (Wildman–Crippen LogP) is 1.77. The van der Waals surface area contributed by atoms with Crippen LogP contribution in [-0.2, 0) is 15.1 Å². The standard InChI is InChI=1S/C13H17NO3/c1-9-6-5-7-11(8-9)13(3,12(16)17)14(4)10(2)15/h5-8H,1-4H3,(H,16,17). The molecule has 4 heteroatoms. The number of hydrogen-bond acceptors (Lipinski definition) is 2. The molecular weight excluding hydrogens is 218 g/mol. The number of carboxylic acid groups (broad SMARTS) is 1. The lowest BCUT2D eigenvalue weighted by molar-refractivity contribution is -0.156. The minimum absolute atomic E-state index is 0.281. The molecule has 0 fully saturated rings. The molecule has 0 saturated carbocycles. The molecule has 92 valence electrons. The van der Waals surface area contributed by atoms with E-state index in [0.717, 1.165) is 5.56 Å². The summed E-state index contributed by atoms with van der Waals surface area (Å²) >= 11 is 0. The molecule has 17 heavy (non-hydrogen) atoms. The number of amides is 1. The third-order valence-corrected chi connectivity index (χ3v) is 3.14. The van der Waals surface area contributed by atoms with Crippen LogP contribution in [0, 0.1) is 6.92 Å². The monoisotopic (exact) mass is 235 g/mol. The van der Waals surface area contributed by atoms with E-state index in [2.05, 4.69) is 0 Å². The van der Waals surface area contributed by atoms with Crippen LogP contribution in [0.2, 0.25) is 0 Å². The summed E-state index contributed by atoms with van der Waals surface area (Å²) in [5.41, 5.74) is 0.229. The SMILES string of the molecule is CC(=O)N(C)C(C)(C(=O)O)c1cccc(C)c1. The van der Waals surface area contributed by atoms with Crippen molar-refractivity contribution >= 4 is 11.9 Å². The van der Waals surface area contributed by atoms with Gasteiger partial charge >= 0.3 is 5.97 Å². The summed E-state index contributed by atoms with van der Waals surface area (Å²) in [5.74, 6) is -1.32. The summed E-state index contributed by atoms with van der Waals surface area (Å²) < 4.78 is 0. The van der Waals surface area contributed by atoms with E-state index in [0.29, 0.717) is 5.56 Å². The Morgan fingerprint density at radius 2 is 1.94 bits per heavy atom. The number of carbonyl (C=O) groups is 2. The van der Waals surface area contributed by atoms with Crippen molar-refractivity contribution in [3.8, 4) is 0 Å². The van der Waals surface area contributed by atoms with Crippen LogP contribution in [-0.4, -0.2) is 28.9 Å². The van der Waals surface area contributed by atoms with Crippen molar-refractivity contribution in [3.05, 3.63) is 35.4 Å².